The highest BCUT2D eigenvalue weighted by Crippen LogP contribution is 2.19. The van der Waals surface area contributed by atoms with Gasteiger partial charge in [0.1, 0.15) is 0 Å². The van der Waals surface area contributed by atoms with Crippen LogP contribution in [0.4, 0.5) is 11.4 Å². The number of amides is 2. The highest BCUT2D eigenvalue weighted by Gasteiger charge is 2.15. The first-order valence-electron chi connectivity index (χ1n) is 12.6. The van der Waals surface area contributed by atoms with E-state index in [4.69, 9.17) is 4.74 Å². The molecule has 1 N–H and O–H groups in total. The summed E-state index contributed by atoms with van der Waals surface area (Å²) in [6, 6.07) is 27.4. The van der Waals surface area contributed by atoms with Crippen molar-refractivity contribution in [1.82, 2.24) is 0 Å². The number of hydrogen-bond donors (Lipinski definition) is 1. The van der Waals surface area contributed by atoms with Gasteiger partial charge in [-0.3, -0.25) is 9.59 Å². The first-order valence-corrected chi connectivity index (χ1v) is 12.6. The number of methoxy groups -OCH3 is 2. The lowest BCUT2D eigenvalue weighted by molar-refractivity contribution is 0.0592. The molecule has 2 amide bonds. The second kappa shape index (κ2) is 13.0. The Hall–Kier alpha value is -5.50. The molecule has 0 atom stereocenters. The van der Waals surface area contributed by atoms with Crippen molar-refractivity contribution in [2.24, 2.45) is 0 Å². The molecule has 0 aliphatic carbocycles. The number of rotatable bonds is 8. The zero-order valence-electron chi connectivity index (χ0n) is 22.8. The molecule has 0 saturated heterocycles. The summed E-state index contributed by atoms with van der Waals surface area (Å²) < 4.78 is 9.39. The number of hydrogen-bond acceptors (Lipinski definition) is 6. The minimum Gasteiger partial charge on any atom is -0.465 e. The molecule has 0 radical (unpaired) electrons. The van der Waals surface area contributed by atoms with Gasteiger partial charge in [-0.25, -0.2) is 9.59 Å². The topological polar surface area (TPSA) is 102 Å². The third kappa shape index (κ3) is 7.13. The fourth-order valence-corrected chi connectivity index (χ4v) is 3.94. The average Bonchev–Trinajstić information content (AvgIpc) is 3.03. The van der Waals surface area contributed by atoms with Crippen LogP contribution in [0.15, 0.2) is 97.1 Å². The third-order valence-corrected chi connectivity index (χ3v) is 6.34. The molecule has 4 aromatic rings. The molecule has 8 nitrogen and oxygen atoms in total. The number of nitrogens with zero attached hydrogens (tertiary/aromatic N) is 1. The smallest absolute Gasteiger partial charge is 0.337 e. The van der Waals surface area contributed by atoms with Gasteiger partial charge in [0.15, 0.2) is 0 Å². The van der Waals surface area contributed by atoms with Gasteiger partial charge in [0.25, 0.3) is 11.8 Å². The number of esters is 2. The standard InChI is InChI=1S/C33H28N2O6/c1-35(31(37)25-12-14-27(15-13-25)33(39)41-3)29-20-16-24(17-21-29)30(36)34-28-18-8-23(9-19-28)5-4-22-6-10-26(11-7-22)32(38)40-2/h4-21H,1-3H3,(H,34,36). The van der Waals surface area contributed by atoms with E-state index in [-0.39, 0.29) is 17.8 Å². The van der Waals surface area contributed by atoms with Crippen molar-refractivity contribution < 1.29 is 28.7 Å². The lowest BCUT2D eigenvalue weighted by Crippen LogP contribution is -2.26. The minimum atomic E-state index is -0.472. The van der Waals surface area contributed by atoms with E-state index < -0.39 is 5.97 Å². The van der Waals surface area contributed by atoms with Crippen molar-refractivity contribution in [2.75, 3.05) is 31.5 Å². The van der Waals surface area contributed by atoms with E-state index in [1.807, 2.05) is 48.6 Å². The monoisotopic (exact) mass is 548 g/mol. The summed E-state index contributed by atoms with van der Waals surface area (Å²) in [5.41, 5.74) is 4.83. The van der Waals surface area contributed by atoms with Gasteiger partial charge in [-0.05, 0) is 83.9 Å². The SMILES string of the molecule is COC(=O)c1ccc(C=Cc2ccc(NC(=O)c3ccc(N(C)C(=O)c4ccc(C(=O)OC)cc4)cc3)cc2)cc1. The van der Waals surface area contributed by atoms with Crippen LogP contribution in [0, 0.1) is 0 Å². The minimum absolute atomic E-state index is 0.258. The van der Waals surface area contributed by atoms with E-state index in [1.165, 1.54) is 31.3 Å². The summed E-state index contributed by atoms with van der Waals surface area (Å²) in [5.74, 6) is -1.39. The molecule has 0 aliphatic heterocycles. The Balaban J connectivity index is 1.34. The predicted molar refractivity (Wildman–Crippen MR) is 158 cm³/mol. The van der Waals surface area contributed by atoms with E-state index in [0.29, 0.717) is 33.6 Å². The molecule has 0 bridgehead atoms. The Bertz CT molecular complexity index is 1570. The molecule has 0 heterocycles. The van der Waals surface area contributed by atoms with Crippen LogP contribution in [0.3, 0.4) is 0 Å². The lowest BCUT2D eigenvalue weighted by Gasteiger charge is -2.18. The zero-order chi connectivity index (χ0) is 29.4. The lowest BCUT2D eigenvalue weighted by atomic mass is 10.1. The second-order valence-corrected chi connectivity index (χ2v) is 9.00. The first-order chi connectivity index (χ1) is 19.8. The fourth-order valence-electron chi connectivity index (χ4n) is 3.94. The van der Waals surface area contributed by atoms with Crippen LogP contribution in [-0.4, -0.2) is 45.0 Å². The van der Waals surface area contributed by atoms with Crippen LogP contribution < -0.4 is 10.2 Å². The quantitative estimate of drug-likeness (QED) is 0.215. The van der Waals surface area contributed by atoms with Gasteiger partial charge in [-0.15, -0.1) is 0 Å². The molecule has 0 unspecified atom stereocenters. The van der Waals surface area contributed by atoms with E-state index in [2.05, 4.69) is 10.1 Å². The van der Waals surface area contributed by atoms with Crippen molar-refractivity contribution in [3.63, 3.8) is 0 Å². The highest BCUT2D eigenvalue weighted by molar-refractivity contribution is 6.07. The molecule has 4 aromatic carbocycles. The predicted octanol–water partition coefficient (Wildman–Crippen LogP) is 5.96. The summed E-state index contributed by atoms with van der Waals surface area (Å²) in [4.78, 5) is 50.3. The summed E-state index contributed by atoms with van der Waals surface area (Å²) in [7, 11) is 4.28. The summed E-state index contributed by atoms with van der Waals surface area (Å²) in [6.45, 7) is 0. The molecule has 0 spiro atoms. The van der Waals surface area contributed by atoms with Gasteiger partial charge in [0, 0.05) is 29.5 Å². The van der Waals surface area contributed by atoms with E-state index in [0.717, 1.165) is 11.1 Å². The van der Waals surface area contributed by atoms with E-state index in [1.54, 1.807) is 55.6 Å². The molecular weight excluding hydrogens is 520 g/mol. The summed E-state index contributed by atoms with van der Waals surface area (Å²) in [6.07, 6.45) is 3.86. The number of nitrogens with one attached hydrogen (secondary N) is 1. The van der Waals surface area contributed by atoms with Crippen molar-refractivity contribution >= 4 is 47.3 Å². The van der Waals surface area contributed by atoms with Crippen molar-refractivity contribution in [1.29, 1.82) is 0 Å². The Kier molecular flexibility index (Phi) is 9.06. The Morgan fingerprint density at radius 1 is 0.585 bits per heavy atom. The summed E-state index contributed by atoms with van der Waals surface area (Å²) in [5, 5.41) is 2.87. The first kappa shape index (κ1) is 28.5. The van der Waals surface area contributed by atoms with Gasteiger partial charge in [0.05, 0.1) is 25.3 Å². The molecular formula is C33H28N2O6. The van der Waals surface area contributed by atoms with Crippen LogP contribution in [-0.2, 0) is 9.47 Å². The van der Waals surface area contributed by atoms with Gasteiger partial charge in [-0.2, -0.15) is 0 Å². The number of ether oxygens (including phenoxy) is 2. The van der Waals surface area contributed by atoms with Gasteiger partial charge in [0.2, 0.25) is 0 Å². The average molecular weight is 549 g/mol. The number of benzene rings is 4. The van der Waals surface area contributed by atoms with Gasteiger partial charge >= 0.3 is 11.9 Å². The molecule has 4 rings (SSSR count). The van der Waals surface area contributed by atoms with Crippen LogP contribution >= 0.6 is 0 Å². The third-order valence-electron chi connectivity index (χ3n) is 6.34. The molecule has 41 heavy (non-hydrogen) atoms. The summed E-state index contributed by atoms with van der Waals surface area (Å²) >= 11 is 0. The number of anilines is 2. The Morgan fingerprint density at radius 2 is 1.00 bits per heavy atom. The zero-order valence-corrected chi connectivity index (χ0v) is 22.8. The van der Waals surface area contributed by atoms with E-state index in [9.17, 15) is 19.2 Å². The fraction of sp³-hybridized carbons (Fsp3) is 0.0909. The maximum Gasteiger partial charge on any atom is 0.337 e. The Morgan fingerprint density at radius 3 is 1.49 bits per heavy atom. The van der Waals surface area contributed by atoms with Crippen LogP contribution in [0.5, 0.6) is 0 Å². The molecule has 0 aliphatic rings. The van der Waals surface area contributed by atoms with Crippen LogP contribution in [0.1, 0.15) is 52.6 Å². The maximum absolute atomic E-state index is 12.9. The molecule has 0 aromatic heterocycles. The maximum atomic E-state index is 12.9. The number of carbonyl (C=O) groups excluding carboxylic acids is 4. The number of carbonyl (C=O) groups is 4. The van der Waals surface area contributed by atoms with Crippen LogP contribution in [0.2, 0.25) is 0 Å². The normalized spacial score (nSPS) is 10.6. The molecule has 206 valence electrons. The van der Waals surface area contributed by atoms with Crippen molar-refractivity contribution in [2.45, 2.75) is 0 Å². The van der Waals surface area contributed by atoms with E-state index >= 15 is 0 Å². The Labute approximate surface area is 237 Å². The molecule has 0 saturated carbocycles. The second-order valence-electron chi connectivity index (χ2n) is 9.00. The van der Waals surface area contributed by atoms with Gasteiger partial charge in [-0.1, -0.05) is 36.4 Å². The van der Waals surface area contributed by atoms with Crippen molar-refractivity contribution in [3.05, 3.63) is 130 Å². The molecule has 8 heteroatoms. The van der Waals surface area contributed by atoms with Crippen molar-refractivity contribution in [3.8, 4) is 0 Å². The van der Waals surface area contributed by atoms with Gasteiger partial charge < -0.3 is 19.7 Å². The molecule has 0 fully saturated rings. The highest BCUT2D eigenvalue weighted by atomic mass is 16.5. The largest absolute Gasteiger partial charge is 0.465 e. The van der Waals surface area contributed by atoms with Crippen LogP contribution in [0.25, 0.3) is 12.2 Å².